The smallest absolute Gasteiger partial charge is 0.412 e. The topological polar surface area (TPSA) is 89.6 Å². The molecule has 1 unspecified atom stereocenters. The summed E-state index contributed by atoms with van der Waals surface area (Å²) in [5, 5.41) is 4.92. The molecule has 0 spiro atoms. The summed E-state index contributed by atoms with van der Waals surface area (Å²) >= 11 is 0. The van der Waals surface area contributed by atoms with Crippen molar-refractivity contribution in [2.45, 2.75) is 0 Å². The number of carbonyl (C=O) groups is 1. The first-order chi connectivity index (χ1) is 13.7. The van der Waals surface area contributed by atoms with Crippen molar-refractivity contribution in [2.24, 2.45) is 16.6 Å². The lowest BCUT2D eigenvalue weighted by Crippen LogP contribution is -2.30. The number of pyridine rings is 1. The molecule has 0 saturated carbocycles. The van der Waals surface area contributed by atoms with Crippen LogP contribution in [0.4, 0.5) is 5.69 Å². The van der Waals surface area contributed by atoms with Gasteiger partial charge < -0.3 is 15.7 Å². The number of allylic oxidation sites excluding steroid dienone is 4. The van der Waals surface area contributed by atoms with Gasteiger partial charge in [0, 0.05) is 30.0 Å². The number of benzene rings is 1. The third-order valence-electron chi connectivity index (χ3n) is 4.36. The van der Waals surface area contributed by atoms with Crippen molar-refractivity contribution in [2.75, 3.05) is 11.9 Å². The van der Waals surface area contributed by atoms with Crippen LogP contribution in [-0.4, -0.2) is 31.3 Å². The molecule has 7 heteroatoms. The minimum Gasteiger partial charge on any atom is -0.550 e. The summed E-state index contributed by atoms with van der Waals surface area (Å²) in [4.78, 5) is 21.1. The standard InChI is InChI=1S/C21H20BN4O2/c1-3-14(10-19-20(4-2)25-13-28-22-19)18(11-23)21(27)26-17-6-5-16-12-24-8-7-15(16)9-17/h3-10,12-13,18H,1-2,11,23H2,(H,26,27)/b14-10+. The molecule has 2 aromatic rings. The first-order valence-corrected chi connectivity index (χ1v) is 8.73. The molecule has 0 fully saturated rings. The third-order valence-corrected chi connectivity index (χ3v) is 4.36. The Bertz CT molecular complexity index is 1010. The Kier molecular flexibility index (Phi) is 6.19. The van der Waals surface area contributed by atoms with Crippen molar-refractivity contribution < 1.29 is 9.45 Å². The van der Waals surface area contributed by atoms with E-state index < -0.39 is 5.92 Å². The Morgan fingerprint density at radius 3 is 2.93 bits per heavy atom. The highest BCUT2D eigenvalue weighted by molar-refractivity contribution is 6.42. The predicted octanol–water partition coefficient (Wildman–Crippen LogP) is 2.94. The fourth-order valence-electron chi connectivity index (χ4n) is 2.87. The number of nitrogens with one attached hydrogen (secondary N) is 1. The van der Waals surface area contributed by atoms with Gasteiger partial charge in [-0.05, 0) is 40.7 Å². The molecule has 1 aromatic carbocycles. The molecule has 0 bridgehead atoms. The number of rotatable bonds is 7. The molecule has 6 nitrogen and oxygen atoms in total. The zero-order chi connectivity index (χ0) is 19.9. The lowest BCUT2D eigenvalue weighted by molar-refractivity contribution is -0.118. The molecular weight excluding hydrogens is 351 g/mol. The summed E-state index contributed by atoms with van der Waals surface area (Å²) in [6.45, 7) is 7.69. The fraction of sp³-hybridized carbons (Fsp3) is 0.0952. The summed E-state index contributed by atoms with van der Waals surface area (Å²) in [6, 6.07) is 7.54. The predicted molar refractivity (Wildman–Crippen MR) is 114 cm³/mol. The second-order valence-corrected chi connectivity index (χ2v) is 6.10. The molecule has 2 heterocycles. The number of carbonyl (C=O) groups excluding carboxylic acids is 1. The number of nitrogens with two attached hydrogens (primary N) is 1. The quantitative estimate of drug-likeness (QED) is 0.579. The van der Waals surface area contributed by atoms with E-state index in [0.717, 1.165) is 10.8 Å². The number of aromatic nitrogens is 1. The normalized spacial score (nSPS) is 14.8. The maximum atomic E-state index is 12.9. The Balaban J connectivity index is 1.85. The van der Waals surface area contributed by atoms with Gasteiger partial charge in [0.05, 0.1) is 11.6 Å². The van der Waals surface area contributed by atoms with Gasteiger partial charge in [0.1, 0.15) is 0 Å². The van der Waals surface area contributed by atoms with E-state index in [2.05, 4.69) is 28.5 Å². The fourth-order valence-corrected chi connectivity index (χ4v) is 2.87. The van der Waals surface area contributed by atoms with Crippen LogP contribution in [0.1, 0.15) is 0 Å². The Labute approximate surface area is 164 Å². The highest BCUT2D eigenvalue weighted by atomic mass is 16.4. The Hall–Kier alpha value is -3.45. The van der Waals surface area contributed by atoms with Crippen LogP contribution in [0.2, 0.25) is 0 Å². The van der Waals surface area contributed by atoms with Crippen LogP contribution in [0.25, 0.3) is 10.8 Å². The zero-order valence-electron chi connectivity index (χ0n) is 15.3. The van der Waals surface area contributed by atoms with E-state index in [1.54, 1.807) is 30.6 Å². The maximum absolute atomic E-state index is 12.9. The van der Waals surface area contributed by atoms with Crippen molar-refractivity contribution >= 4 is 36.3 Å². The number of fused-ring (bicyclic) bond motifs is 1. The minimum absolute atomic E-state index is 0.127. The zero-order valence-corrected chi connectivity index (χ0v) is 15.3. The monoisotopic (exact) mass is 371 g/mol. The Morgan fingerprint density at radius 2 is 2.18 bits per heavy atom. The van der Waals surface area contributed by atoms with Crippen LogP contribution in [0.5, 0.6) is 0 Å². The highest BCUT2D eigenvalue weighted by Gasteiger charge is 2.21. The summed E-state index contributed by atoms with van der Waals surface area (Å²) in [7, 11) is 1.54. The number of nitrogens with zero attached hydrogens (tertiary/aromatic N) is 2. The number of anilines is 1. The number of amides is 1. The third kappa shape index (κ3) is 4.27. The second-order valence-electron chi connectivity index (χ2n) is 6.10. The molecule has 3 rings (SSSR count). The molecule has 1 aromatic heterocycles. The van der Waals surface area contributed by atoms with E-state index in [1.807, 2.05) is 24.3 Å². The molecule has 139 valence electrons. The molecule has 0 saturated heterocycles. The summed E-state index contributed by atoms with van der Waals surface area (Å²) in [6.07, 6.45) is 9.82. The van der Waals surface area contributed by atoms with E-state index in [4.69, 9.17) is 10.4 Å². The molecule has 1 amide bonds. The Morgan fingerprint density at radius 1 is 1.32 bits per heavy atom. The van der Waals surface area contributed by atoms with Gasteiger partial charge in [-0.3, -0.25) is 9.78 Å². The number of aliphatic imine (C=N–C) groups is 1. The van der Waals surface area contributed by atoms with Crippen LogP contribution >= 0.6 is 0 Å². The molecule has 1 aliphatic rings. The molecule has 1 aliphatic heterocycles. The van der Waals surface area contributed by atoms with Crippen molar-refractivity contribution in [1.82, 2.24) is 4.98 Å². The van der Waals surface area contributed by atoms with E-state index in [-0.39, 0.29) is 12.5 Å². The van der Waals surface area contributed by atoms with Gasteiger partial charge in [0.25, 0.3) is 0 Å². The first kappa shape index (κ1) is 19.3. The van der Waals surface area contributed by atoms with Crippen LogP contribution in [0.3, 0.4) is 0 Å². The van der Waals surface area contributed by atoms with Crippen molar-refractivity contribution in [3.8, 4) is 0 Å². The van der Waals surface area contributed by atoms with E-state index in [0.29, 0.717) is 22.4 Å². The van der Waals surface area contributed by atoms with Crippen molar-refractivity contribution in [3.63, 3.8) is 0 Å². The molecule has 1 atom stereocenters. The van der Waals surface area contributed by atoms with Gasteiger partial charge in [-0.25, -0.2) is 4.99 Å². The average molecular weight is 371 g/mol. The minimum atomic E-state index is -0.580. The lowest BCUT2D eigenvalue weighted by Gasteiger charge is -2.18. The van der Waals surface area contributed by atoms with Gasteiger partial charge in [-0.2, -0.15) is 0 Å². The van der Waals surface area contributed by atoms with Gasteiger partial charge in [0.15, 0.2) is 6.40 Å². The SMILES string of the molecule is C=CC1=C(/C=C(\C=C)C(CN)C(=O)Nc2ccc3cnccc3c2)[B]OC=N1. The largest absolute Gasteiger partial charge is 0.550 e. The van der Waals surface area contributed by atoms with E-state index >= 15 is 0 Å². The van der Waals surface area contributed by atoms with Gasteiger partial charge in [-0.1, -0.05) is 31.4 Å². The van der Waals surface area contributed by atoms with E-state index in [9.17, 15) is 4.79 Å². The summed E-state index contributed by atoms with van der Waals surface area (Å²) < 4.78 is 5.13. The highest BCUT2D eigenvalue weighted by Crippen LogP contribution is 2.22. The van der Waals surface area contributed by atoms with Gasteiger partial charge in [0.2, 0.25) is 5.91 Å². The number of hydrogen-bond acceptors (Lipinski definition) is 5. The first-order valence-electron chi connectivity index (χ1n) is 8.73. The van der Waals surface area contributed by atoms with Crippen molar-refractivity contribution in [1.29, 1.82) is 0 Å². The van der Waals surface area contributed by atoms with Gasteiger partial charge >= 0.3 is 7.48 Å². The number of hydrogen-bond donors (Lipinski definition) is 2. The summed E-state index contributed by atoms with van der Waals surface area (Å²) in [5.41, 5.74) is 8.59. The maximum Gasteiger partial charge on any atom is 0.412 e. The molecular formula is C21H20BN4O2. The second kappa shape index (κ2) is 8.97. The van der Waals surface area contributed by atoms with Crippen LogP contribution < -0.4 is 11.1 Å². The molecule has 1 radical (unpaired) electrons. The van der Waals surface area contributed by atoms with Crippen LogP contribution in [-0.2, 0) is 9.45 Å². The van der Waals surface area contributed by atoms with Crippen LogP contribution in [0, 0.1) is 5.92 Å². The average Bonchev–Trinajstić information content (AvgIpc) is 2.73. The summed E-state index contributed by atoms with van der Waals surface area (Å²) in [5.74, 6) is -0.799. The van der Waals surface area contributed by atoms with Crippen molar-refractivity contribution in [3.05, 3.63) is 84.8 Å². The van der Waals surface area contributed by atoms with Gasteiger partial charge in [-0.15, -0.1) is 0 Å². The molecule has 3 N–H and O–H groups in total. The van der Waals surface area contributed by atoms with Crippen LogP contribution in [0.15, 0.2) is 89.8 Å². The molecule has 28 heavy (non-hydrogen) atoms. The lowest BCUT2D eigenvalue weighted by atomic mass is 9.81. The molecule has 0 aliphatic carbocycles. The van der Waals surface area contributed by atoms with E-state index in [1.165, 1.54) is 13.9 Å².